The van der Waals surface area contributed by atoms with Gasteiger partial charge in [-0.2, -0.15) is 0 Å². The van der Waals surface area contributed by atoms with E-state index in [1.807, 2.05) is 43.3 Å². The number of nitrogens with zero attached hydrogens (tertiary/aromatic N) is 2. The number of H-pyrrole nitrogens is 1. The molecule has 0 saturated heterocycles. The maximum atomic E-state index is 11.9. The van der Waals surface area contributed by atoms with Gasteiger partial charge in [-0.15, -0.1) is 0 Å². The standard InChI is InChI=1S/C22H23BrN4O3/c1-16(27-30-14-17-2-6-19(23)7-3-17)18-4-8-20(9-5-18)29-15-22(28)26-11-10-21-24-12-13-25-21/h2-9,12-13H,10-11,14-15H2,1H3,(H,24,25)(H,26,28)/b27-16+. The highest BCUT2D eigenvalue weighted by atomic mass is 79.9. The molecule has 0 aliphatic heterocycles. The van der Waals surface area contributed by atoms with Gasteiger partial charge in [0.2, 0.25) is 0 Å². The van der Waals surface area contributed by atoms with Crippen LogP contribution in [-0.2, 0) is 22.7 Å². The second-order valence-electron chi connectivity index (χ2n) is 6.53. The van der Waals surface area contributed by atoms with E-state index in [4.69, 9.17) is 9.57 Å². The smallest absolute Gasteiger partial charge is 0.257 e. The maximum Gasteiger partial charge on any atom is 0.257 e. The van der Waals surface area contributed by atoms with Crippen molar-refractivity contribution in [1.82, 2.24) is 15.3 Å². The fourth-order valence-electron chi connectivity index (χ4n) is 2.58. The minimum absolute atomic E-state index is 0.0408. The number of carbonyl (C=O) groups excluding carboxylic acids is 1. The first-order valence-corrected chi connectivity index (χ1v) is 10.3. The molecule has 1 heterocycles. The Kier molecular flexibility index (Phi) is 8.02. The van der Waals surface area contributed by atoms with E-state index in [0.717, 1.165) is 27.1 Å². The van der Waals surface area contributed by atoms with E-state index < -0.39 is 0 Å². The number of oxime groups is 1. The zero-order chi connectivity index (χ0) is 21.2. The lowest BCUT2D eigenvalue weighted by molar-refractivity contribution is -0.123. The molecule has 3 rings (SSSR count). The number of imidazole rings is 1. The Hall–Kier alpha value is -3.13. The molecule has 2 aromatic carbocycles. The molecule has 1 amide bonds. The molecule has 156 valence electrons. The van der Waals surface area contributed by atoms with E-state index in [9.17, 15) is 4.79 Å². The minimum atomic E-state index is -0.176. The van der Waals surface area contributed by atoms with Crippen molar-refractivity contribution in [2.24, 2.45) is 5.16 Å². The molecule has 0 aliphatic carbocycles. The van der Waals surface area contributed by atoms with Crippen molar-refractivity contribution in [1.29, 1.82) is 0 Å². The van der Waals surface area contributed by atoms with Crippen LogP contribution in [0.4, 0.5) is 0 Å². The molecule has 0 atom stereocenters. The second-order valence-corrected chi connectivity index (χ2v) is 7.44. The lowest BCUT2D eigenvalue weighted by Gasteiger charge is -2.08. The minimum Gasteiger partial charge on any atom is -0.484 e. The van der Waals surface area contributed by atoms with Gasteiger partial charge >= 0.3 is 0 Å². The predicted molar refractivity (Wildman–Crippen MR) is 118 cm³/mol. The zero-order valence-corrected chi connectivity index (χ0v) is 18.2. The third-order valence-electron chi connectivity index (χ3n) is 4.23. The number of aromatic nitrogens is 2. The fourth-order valence-corrected chi connectivity index (χ4v) is 2.85. The molecule has 0 spiro atoms. The van der Waals surface area contributed by atoms with Gasteiger partial charge in [0, 0.05) is 29.8 Å². The Morgan fingerprint density at radius 1 is 1.17 bits per heavy atom. The quantitative estimate of drug-likeness (QED) is 0.347. The third kappa shape index (κ3) is 7.04. The number of hydrogen-bond acceptors (Lipinski definition) is 5. The number of amides is 1. The first kappa shape index (κ1) is 21.6. The van der Waals surface area contributed by atoms with Crippen molar-refractivity contribution in [3.05, 3.63) is 82.3 Å². The molecule has 2 N–H and O–H groups in total. The summed E-state index contributed by atoms with van der Waals surface area (Å²) in [5.74, 6) is 1.28. The number of hydrogen-bond donors (Lipinski definition) is 2. The van der Waals surface area contributed by atoms with Crippen molar-refractivity contribution in [3.63, 3.8) is 0 Å². The monoisotopic (exact) mass is 470 g/mol. The predicted octanol–water partition coefficient (Wildman–Crippen LogP) is 3.85. The summed E-state index contributed by atoms with van der Waals surface area (Å²) in [5.41, 5.74) is 2.72. The van der Waals surface area contributed by atoms with E-state index in [1.54, 1.807) is 24.5 Å². The molecule has 0 aliphatic rings. The second kappa shape index (κ2) is 11.2. The molecule has 1 aromatic heterocycles. The molecule has 0 unspecified atom stereocenters. The molecule has 0 fully saturated rings. The largest absolute Gasteiger partial charge is 0.484 e. The van der Waals surface area contributed by atoms with Crippen LogP contribution in [0.3, 0.4) is 0 Å². The molecule has 30 heavy (non-hydrogen) atoms. The fraction of sp³-hybridized carbons (Fsp3) is 0.227. The van der Waals surface area contributed by atoms with E-state index in [2.05, 4.69) is 36.4 Å². The maximum absolute atomic E-state index is 11.9. The molecule has 0 saturated carbocycles. The molecule has 3 aromatic rings. The van der Waals surface area contributed by atoms with Gasteiger partial charge in [0.25, 0.3) is 5.91 Å². The average molecular weight is 471 g/mol. The molecule has 8 heteroatoms. The van der Waals surface area contributed by atoms with Crippen LogP contribution in [0.15, 0.2) is 70.6 Å². The summed E-state index contributed by atoms with van der Waals surface area (Å²) in [6.07, 6.45) is 4.09. The Balaban J connectivity index is 1.39. The van der Waals surface area contributed by atoms with Gasteiger partial charge in [-0.3, -0.25) is 4.79 Å². The summed E-state index contributed by atoms with van der Waals surface area (Å²) in [6, 6.07) is 15.3. The highest BCUT2D eigenvalue weighted by molar-refractivity contribution is 9.10. The van der Waals surface area contributed by atoms with Gasteiger partial charge in [0.05, 0.1) is 5.71 Å². The van der Waals surface area contributed by atoms with E-state index in [1.165, 1.54) is 0 Å². The number of ether oxygens (including phenoxy) is 1. The third-order valence-corrected chi connectivity index (χ3v) is 4.76. The Morgan fingerprint density at radius 3 is 2.63 bits per heavy atom. The van der Waals surface area contributed by atoms with Crippen LogP contribution in [0.1, 0.15) is 23.9 Å². The molecular weight excluding hydrogens is 448 g/mol. The van der Waals surface area contributed by atoms with Gasteiger partial charge in [0.1, 0.15) is 18.2 Å². The summed E-state index contributed by atoms with van der Waals surface area (Å²) in [6.45, 7) is 2.75. The number of aromatic amines is 1. The lowest BCUT2D eigenvalue weighted by atomic mass is 10.1. The van der Waals surface area contributed by atoms with Crippen LogP contribution in [-0.4, -0.2) is 34.7 Å². The van der Waals surface area contributed by atoms with Crippen molar-refractivity contribution >= 4 is 27.5 Å². The first-order valence-electron chi connectivity index (χ1n) is 9.49. The summed E-state index contributed by atoms with van der Waals surface area (Å²) in [5, 5.41) is 6.96. The summed E-state index contributed by atoms with van der Waals surface area (Å²) >= 11 is 3.41. The van der Waals surface area contributed by atoms with Crippen molar-refractivity contribution < 1.29 is 14.4 Å². The van der Waals surface area contributed by atoms with Crippen LogP contribution < -0.4 is 10.1 Å². The van der Waals surface area contributed by atoms with Crippen LogP contribution in [0.25, 0.3) is 0 Å². The van der Waals surface area contributed by atoms with Crippen LogP contribution in [0, 0.1) is 0 Å². The molecular formula is C22H23BrN4O3. The SMILES string of the molecule is C/C(=N\OCc1ccc(Br)cc1)c1ccc(OCC(=O)NCCc2ncc[nH]2)cc1. The summed E-state index contributed by atoms with van der Waals surface area (Å²) < 4.78 is 6.56. The zero-order valence-electron chi connectivity index (χ0n) is 16.6. The van der Waals surface area contributed by atoms with E-state index in [-0.39, 0.29) is 12.5 Å². The van der Waals surface area contributed by atoms with Gasteiger partial charge in [-0.05, 0) is 54.4 Å². The van der Waals surface area contributed by atoms with E-state index in [0.29, 0.717) is 25.3 Å². The molecule has 0 radical (unpaired) electrons. The summed E-state index contributed by atoms with van der Waals surface area (Å²) in [4.78, 5) is 24.4. The summed E-state index contributed by atoms with van der Waals surface area (Å²) in [7, 11) is 0. The number of rotatable bonds is 10. The van der Waals surface area contributed by atoms with Crippen LogP contribution in [0.5, 0.6) is 5.75 Å². The van der Waals surface area contributed by atoms with Crippen LogP contribution in [0.2, 0.25) is 0 Å². The molecule has 0 bridgehead atoms. The van der Waals surface area contributed by atoms with Gasteiger partial charge in [-0.1, -0.05) is 33.2 Å². The number of halogens is 1. The highest BCUT2D eigenvalue weighted by Gasteiger charge is 2.05. The van der Waals surface area contributed by atoms with Gasteiger partial charge < -0.3 is 19.9 Å². The lowest BCUT2D eigenvalue weighted by Crippen LogP contribution is -2.30. The number of nitrogens with one attached hydrogen (secondary N) is 2. The Labute approximate surface area is 183 Å². The topological polar surface area (TPSA) is 88.6 Å². The van der Waals surface area contributed by atoms with Crippen molar-refractivity contribution in [2.45, 2.75) is 20.0 Å². The van der Waals surface area contributed by atoms with Crippen LogP contribution >= 0.6 is 15.9 Å². The van der Waals surface area contributed by atoms with E-state index >= 15 is 0 Å². The molecule has 7 nitrogen and oxygen atoms in total. The average Bonchev–Trinajstić information content (AvgIpc) is 3.27. The highest BCUT2D eigenvalue weighted by Crippen LogP contribution is 2.14. The van der Waals surface area contributed by atoms with Gasteiger partial charge in [0.15, 0.2) is 6.61 Å². The van der Waals surface area contributed by atoms with Crippen molar-refractivity contribution in [3.8, 4) is 5.75 Å². The normalized spacial score (nSPS) is 11.2. The Morgan fingerprint density at radius 2 is 1.93 bits per heavy atom. The van der Waals surface area contributed by atoms with Crippen molar-refractivity contribution in [2.75, 3.05) is 13.2 Å². The number of benzene rings is 2. The Bertz CT molecular complexity index is 955. The first-order chi connectivity index (χ1) is 14.6. The van der Waals surface area contributed by atoms with Gasteiger partial charge in [-0.25, -0.2) is 4.98 Å². The number of carbonyl (C=O) groups is 1.